The van der Waals surface area contributed by atoms with E-state index in [1.807, 2.05) is 32.9 Å². The lowest BCUT2D eigenvalue weighted by Gasteiger charge is -2.07. The van der Waals surface area contributed by atoms with Gasteiger partial charge in [-0.05, 0) is 25.0 Å². The quantitative estimate of drug-likeness (QED) is 0.874. The Morgan fingerprint density at radius 3 is 3.00 bits per heavy atom. The minimum Gasteiger partial charge on any atom is -0.449 e. The Labute approximate surface area is 105 Å². The lowest BCUT2D eigenvalue weighted by Crippen LogP contribution is -2.16. The van der Waals surface area contributed by atoms with Gasteiger partial charge in [0.05, 0.1) is 12.0 Å². The smallest absolute Gasteiger partial charge is 0.412 e. The molecular formula is C12H16N4O2. The van der Waals surface area contributed by atoms with E-state index in [2.05, 4.69) is 20.5 Å². The van der Waals surface area contributed by atoms with Crippen LogP contribution in [0.25, 0.3) is 11.0 Å². The minimum atomic E-state index is -0.502. The molecule has 2 aromatic heterocycles. The lowest BCUT2D eigenvalue weighted by molar-refractivity contribution is 0.147. The molecule has 96 valence electrons. The third-order valence-electron chi connectivity index (χ3n) is 2.33. The van der Waals surface area contributed by atoms with Crippen LogP contribution in [0.4, 0.5) is 10.6 Å². The van der Waals surface area contributed by atoms with E-state index >= 15 is 0 Å². The van der Waals surface area contributed by atoms with E-state index in [0.29, 0.717) is 24.0 Å². The predicted molar refractivity (Wildman–Crippen MR) is 68.4 cm³/mol. The van der Waals surface area contributed by atoms with Crippen LogP contribution in [0, 0.1) is 12.8 Å². The van der Waals surface area contributed by atoms with Crippen LogP contribution >= 0.6 is 0 Å². The number of H-pyrrole nitrogens is 1. The number of anilines is 1. The molecule has 0 fully saturated rings. The van der Waals surface area contributed by atoms with E-state index in [9.17, 15) is 4.79 Å². The molecule has 2 rings (SSSR count). The first kappa shape index (κ1) is 12.3. The number of aryl methyl sites for hydroxylation is 1. The van der Waals surface area contributed by atoms with Crippen LogP contribution < -0.4 is 5.32 Å². The summed E-state index contributed by atoms with van der Waals surface area (Å²) in [5.41, 5.74) is 1.54. The normalized spacial score (nSPS) is 10.9. The van der Waals surface area contributed by atoms with Gasteiger partial charge in [-0.25, -0.2) is 9.78 Å². The van der Waals surface area contributed by atoms with Crippen LogP contribution in [-0.2, 0) is 4.74 Å². The standard InChI is InChI=1S/C12H16N4O2/c1-7(2)6-18-12(17)14-11-9-5-4-8(3)13-10(9)15-16-11/h4-5,7H,6H2,1-3H3,(H2,13,14,15,16,17). The fourth-order valence-electron chi connectivity index (χ4n) is 1.47. The van der Waals surface area contributed by atoms with Crippen molar-refractivity contribution >= 4 is 22.9 Å². The first-order valence-corrected chi connectivity index (χ1v) is 5.81. The molecular weight excluding hydrogens is 232 g/mol. The molecule has 2 N–H and O–H groups in total. The summed E-state index contributed by atoms with van der Waals surface area (Å²) in [6, 6.07) is 3.72. The zero-order chi connectivity index (χ0) is 13.1. The Kier molecular flexibility index (Phi) is 3.45. The van der Waals surface area contributed by atoms with Gasteiger partial charge in [0, 0.05) is 5.69 Å². The molecule has 0 aliphatic carbocycles. The second-order valence-electron chi connectivity index (χ2n) is 4.54. The number of nitrogens with zero attached hydrogens (tertiary/aromatic N) is 2. The third kappa shape index (κ3) is 2.77. The SMILES string of the molecule is Cc1ccc2c(NC(=O)OCC(C)C)n[nH]c2n1. The highest BCUT2D eigenvalue weighted by Crippen LogP contribution is 2.18. The maximum atomic E-state index is 11.5. The summed E-state index contributed by atoms with van der Waals surface area (Å²) >= 11 is 0. The molecule has 1 amide bonds. The number of ether oxygens (including phenoxy) is 1. The first-order valence-electron chi connectivity index (χ1n) is 5.81. The number of carbonyl (C=O) groups excluding carboxylic acids is 1. The molecule has 0 aromatic carbocycles. The van der Waals surface area contributed by atoms with E-state index < -0.39 is 6.09 Å². The number of hydrogen-bond donors (Lipinski definition) is 2. The molecule has 0 aliphatic heterocycles. The molecule has 2 heterocycles. The number of hydrogen-bond acceptors (Lipinski definition) is 4. The third-order valence-corrected chi connectivity index (χ3v) is 2.33. The van der Waals surface area contributed by atoms with Gasteiger partial charge in [-0.1, -0.05) is 13.8 Å². The average Bonchev–Trinajstić information content (AvgIpc) is 2.69. The number of aromatic nitrogens is 3. The Morgan fingerprint density at radius 1 is 1.50 bits per heavy atom. The van der Waals surface area contributed by atoms with Crippen LogP contribution in [0.1, 0.15) is 19.5 Å². The van der Waals surface area contributed by atoms with Crippen molar-refractivity contribution in [3.8, 4) is 0 Å². The van der Waals surface area contributed by atoms with E-state index in [-0.39, 0.29) is 0 Å². The summed E-state index contributed by atoms with van der Waals surface area (Å²) in [5, 5.41) is 10.1. The van der Waals surface area contributed by atoms with Crippen molar-refractivity contribution < 1.29 is 9.53 Å². The molecule has 6 nitrogen and oxygen atoms in total. The number of pyridine rings is 1. The first-order chi connectivity index (χ1) is 8.56. The molecule has 2 aromatic rings. The van der Waals surface area contributed by atoms with Crippen molar-refractivity contribution in [1.82, 2.24) is 15.2 Å². The Morgan fingerprint density at radius 2 is 2.28 bits per heavy atom. The van der Waals surface area contributed by atoms with Gasteiger partial charge >= 0.3 is 6.09 Å². The average molecular weight is 248 g/mol. The van der Waals surface area contributed by atoms with Crippen LogP contribution in [0.15, 0.2) is 12.1 Å². The molecule has 0 saturated carbocycles. The van der Waals surface area contributed by atoms with Gasteiger partial charge in [-0.2, -0.15) is 5.10 Å². The Balaban J connectivity index is 2.10. The zero-order valence-electron chi connectivity index (χ0n) is 10.7. The molecule has 0 bridgehead atoms. The molecule has 0 radical (unpaired) electrons. The van der Waals surface area contributed by atoms with Gasteiger partial charge in [-0.15, -0.1) is 0 Å². The monoisotopic (exact) mass is 248 g/mol. The second kappa shape index (κ2) is 5.03. The topological polar surface area (TPSA) is 79.9 Å². The van der Waals surface area contributed by atoms with E-state index in [0.717, 1.165) is 11.1 Å². The number of carbonyl (C=O) groups is 1. The van der Waals surface area contributed by atoms with Gasteiger partial charge in [0.2, 0.25) is 0 Å². The van der Waals surface area contributed by atoms with E-state index in [1.165, 1.54) is 0 Å². The molecule has 0 saturated heterocycles. The van der Waals surface area contributed by atoms with Crippen molar-refractivity contribution in [3.63, 3.8) is 0 Å². The van der Waals surface area contributed by atoms with Crippen LogP contribution in [0.3, 0.4) is 0 Å². The fourth-order valence-corrected chi connectivity index (χ4v) is 1.47. The molecule has 0 aliphatic rings. The zero-order valence-corrected chi connectivity index (χ0v) is 10.7. The van der Waals surface area contributed by atoms with E-state index in [4.69, 9.17) is 4.74 Å². The highest BCUT2D eigenvalue weighted by molar-refractivity contribution is 5.95. The summed E-state index contributed by atoms with van der Waals surface area (Å²) in [6.45, 7) is 6.23. The number of fused-ring (bicyclic) bond motifs is 1. The Bertz CT molecular complexity index is 562. The fraction of sp³-hybridized carbons (Fsp3) is 0.417. The second-order valence-corrected chi connectivity index (χ2v) is 4.54. The maximum Gasteiger partial charge on any atom is 0.412 e. The van der Waals surface area contributed by atoms with Crippen LogP contribution in [0.2, 0.25) is 0 Å². The lowest BCUT2D eigenvalue weighted by atomic mass is 10.2. The maximum absolute atomic E-state index is 11.5. The predicted octanol–water partition coefficient (Wildman–Crippen LogP) is 2.47. The largest absolute Gasteiger partial charge is 0.449 e. The number of nitrogens with one attached hydrogen (secondary N) is 2. The van der Waals surface area contributed by atoms with Gasteiger partial charge < -0.3 is 4.74 Å². The summed E-state index contributed by atoms with van der Waals surface area (Å²) in [4.78, 5) is 15.8. The summed E-state index contributed by atoms with van der Waals surface area (Å²) < 4.78 is 5.03. The van der Waals surface area contributed by atoms with Crippen LogP contribution in [0.5, 0.6) is 0 Å². The van der Waals surface area contributed by atoms with Gasteiger partial charge in [0.25, 0.3) is 0 Å². The van der Waals surface area contributed by atoms with Gasteiger partial charge in [0.1, 0.15) is 0 Å². The van der Waals surface area contributed by atoms with E-state index in [1.54, 1.807) is 0 Å². The number of aromatic amines is 1. The van der Waals surface area contributed by atoms with Gasteiger partial charge in [0.15, 0.2) is 11.5 Å². The van der Waals surface area contributed by atoms with Crippen molar-refractivity contribution in [3.05, 3.63) is 17.8 Å². The molecule has 6 heteroatoms. The molecule has 0 unspecified atom stereocenters. The van der Waals surface area contributed by atoms with Crippen LogP contribution in [-0.4, -0.2) is 27.9 Å². The van der Waals surface area contributed by atoms with Crippen molar-refractivity contribution in [2.45, 2.75) is 20.8 Å². The molecule has 18 heavy (non-hydrogen) atoms. The highest BCUT2D eigenvalue weighted by atomic mass is 16.5. The summed E-state index contributed by atoms with van der Waals surface area (Å²) in [7, 11) is 0. The molecule has 0 spiro atoms. The summed E-state index contributed by atoms with van der Waals surface area (Å²) in [6.07, 6.45) is -0.502. The number of amides is 1. The number of rotatable bonds is 3. The van der Waals surface area contributed by atoms with Gasteiger partial charge in [-0.3, -0.25) is 10.4 Å². The van der Waals surface area contributed by atoms with Crippen molar-refractivity contribution in [1.29, 1.82) is 0 Å². The molecule has 0 atom stereocenters. The van der Waals surface area contributed by atoms with Crippen molar-refractivity contribution in [2.24, 2.45) is 5.92 Å². The minimum absolute atomic E-state index is 0.302. The highest BCUT2D eigenvalue weighted by Gasteiger charge is 2.11. The Hall–Kier alpha value is -2.11. The van der Waals surface area contributed by atoms with Crippen molar-refractivity contribution in [2.75, 3.05) is 11.9 Å². The summed E-state index contributed by atoms with van der Waals surface area (Å²) in [5.74, 6) is 0.738.